The molecule has 0 fully saturated rings. The summed E-state index contributed by atoms with van der Waals surface area (Å²) in [6.07, 6.45) is 1.42. The van der Waals surface area contributed by atoms with Gasteiger partial charge in [-0.25, -0.2) is 14.8 Å². The molecule has 1 unspecified atom stereocenters. The topological polar surface area (TPSA) is 88.0 Å². The van der Waals surface area contributed by atoms with Gasteiger partial charge in [0.2, 0.25) is 0 Å². The summed E-state index contributed by atoms with van der Waals surface area (Å²) in [4.78, 5) is 20.2. The van der Waals surface area contributed by atoms with Crippen LogP contribution in [0.2, 0.25) is 0 Å². The number of carbonyl (C=O) groups is 1. The molecule has 0 saturated carbocycles. The average Bonchev–Trinajstić information content (AvgIpc) is 2.68. The van der Waals surface area contributed by atoms with Crippen LogP contribution in [0.3, 0.4) is 0 Å². The van der Waals surface area contributed by atoms with Crippen LogP contribution in [0.4, 0.5) is 5.82 Å². The van der Waals surface area contributed by atoms with E-state index in [-0.39, 0.29) is 5.92 Å². The number of rotatable bonds is 4. The van der Waals surface area contributed by atoms with E-state index < -0.39 is 12.0 Å². The predicted octanol–water partition coefficient (Wildman–Crippen LogP) is 1.92. The third kappa shape index (κ3) is 2.26. The number of aryl methyl sites for hydroxylation is 1. The molecule has 2 heterocycles. The minimum Gasteiger partial charge on any atom is -0.480 e. The number of anilines is 1. The van der Waals surface area contributed by atoms with Gasteiger partial charge in [0.25, 0.3) is 0 Å². The molecule has 0 radical (unpaired) electrons. The van der Waals surface area contributed by atoms with E-state index in [9.17, 15) is 9.90 Å². The average molecular weight is 266 g/mol. The third-order valence-electron chi connectivity index (χ3n) is 2.67. The highest BCUT2D eigenvalue weighted by atomic mass is 32.1. The van der Waals surface area contributed by atoms with Gasteiger partial charge in [-0.05, 0) is 24.4 Å². The largest absolute Gasteiger partial charge is 0.480 e. The van der Waals surface area contributed by atoms with Crippen molar-refractivity contribution in [3.05, 3.63) is 12.0 Å². The van der Waals surface area contributed by atoms with E-state index >= 15 is 0 Å². The Morgan fingerprint density at radius 3 is 2.78 bits per heavy atom. The molecule has 96 valence electrons. The highest BCUT2D eigenvalue weighted by molar-refractivity contribution is 7.13. The van der Waals surface area contributed by atoms with Gasteiger partial charge in [0.15, 0.2) is 0 Å². The molecule has 2 aromatic rings. The first-order valence-electron chi connectivity index (χ1n) is 5.57. The Hall–Kier alpha value is -1.76. The monoisotopic (exact) mass is 266 g/mol. The van der Waals surface area contributed by atoms with Crippen LogP contribution in [-0.4, -0.2) is 31.5 Å². The predicted molar refractivity (Wildman–Crippen MR) is 69.8 cm³/mol. The zero-order valence-electron chi connectivity index (χ0n) is 10.3. The fraction of sp³-hybridized carbons (Fsp3) is 0.455. The fourth-order valence-electron chi connectivity index (χ4n) is 1.69. The van der Waals surface area contributed by atoms with Gasteiger partial charge in [-0.3, -0.25) is 0 Å². The minimum absolute atomic E-state index is 0.0422. The molecule has 7 heteroatoms. The van der Waals surface area contributed by atoms with Crippen LogP contribution in [0.15, 0.2) is 6.33 Å². The molecule has 0 aliphatic rings. The van der Waals surface area contributed by atoms with E-state index in [2.05, 4.69) is 19.7 Å². The number of aromatic nitrogens is 3. The fourth-order valence-corrected chi connectivity index (χ4v) is 2.44. The maximum absolute atomic E-state index is 11.2. The summed E-state index contributed by atoms with van der Waals surface area (Å²) in [7, 11) is 0. The normalized spacial score (nSPS) is 12.9. The number of aliphatic carboxylic acids is 1. The summed E-state index contributed by atoms with van der Waals surface area (Å²) in [5, 5.41) is 12.9. The molecule has 18 heavy (non-hydrogen) atoms. The Bertz CT molecular complexity index is 581. The lowest BCUT2D eigenvalue weighted by Crippen LogP contribution is -2.34. The van der Waals surface area contributed by atoms with Gasteiger partial charge in [0.1, 0.15) is 23.0 Å². The van der Waals surface area contributed by atoms with Crippen molar-refractivity contribution in [2.75, 3.05) is 5.32 Å². The number of hydrogen-bond acceptors (Lipinski definition) is 6. The molecule has 0 aromatic carbocycles. The van der Waals surface area contributed by atoms with E-state index in [1.807, 2.05) is 20.8 Å². The first kappa shape index (κ1) is 12.7. The molecular formula is C11H14N4O2S. The summed E-state index contributed by atoms with van der Waals surface area (Å²) in [5.74, 6) is -0.399. The maximum Gasteiger partial charge on any atom is 0.326 e. The van der Waals surface area contributed by atoms with E-state index in [1.165, 1.54) is 17.9 Å². The molecule has 0 aliphatic heterocycles. The van der Waals surface area contributed by atoms with Gasteiger partial charge in [-0.15, -0.1) is 0 Å². The lowest BCUT2D eigenvalue weighted by atomic mass is 10.0. The molecule has 2 N–H and O–H groups in total. The van der Waals surface area contributed by atoms with Gasteiger partial charge >= 0.3 is 5.97 Å². The van der Waals surface area contributed by atoms with Crippen LogP contribution in [-0.2, 0) is 4.79 Å². The second-order valence-corrected chi connectivity index (χ2v) is 5.13. The van der Waals surface area contributed by atoms with Crippen molar-refractivity contribution in [1.29, 1.82) is 0 Å². The summed E-state index contributed by atoms with van der Waals surface area (Å²) in [6, 6.07) is -0.678. The summed E-state index contributed by atoms with van der Waals surface area (Å²) >= 11 is 1.28. The summed E-state index contributed by atoms with van der Waals surface area (Å²) in [5.41, 5.74) is 0.811. The minimum atomic E-state index is -0.891. The molecule has 1 atom stereocenters. The summed E-state index contributed by atoms with van der Waals surface area (Å²) < 4.78 is 4.21. The van der Waals surface area contributed by atoms with E-state index in [0.29, 0.717) is 5.82 Å². The molecule has 6 nitrogen and oxygen atoms in total. The second-order valence-electron chi connectivity index (χ2n) is 4.37. The first-order valence-corrected chi connectivity index (χ1v) is 6.34. The number of carboxylic acid groups (broad SMARTS) is 1. The van der Waals surface area contributed by atoms with E-state index in [1.54, 1.807) is 0 Å². The van der Waals surface area contributed by atoms with Crippen molar-refractivity contribution < 1.29 is 9.90 Å². The van der Waals surface area contributed by atoms with Gasteiger partial charge in [-0.1, -0.05) is 13.8 Å². The lowest BCUT2D eigenvalue weighted by Gasteiger charge is -2.18. The highest BCUT2D eigenvalue weighted by Crippen LogP contribution is 2.26. The van der Waals surface area contributed by atoms with Crippen molar-refractivity contribution in [3.63, 3.8) is 0 Å². The van der Waals surface area contributed by atoms with Crippen molar-refractivity contribution in [2.45, 2.75) is 26.8 Å². The molecule has 0 amide bonds. The van der Waals surface area contributed by atoms with Gasteiger partial charge < -0.3 is 10.4 Å². The van der Waals surface area contributed by atoms with Crippen molar-refractivity contribution in [3.8, 4) is 0 Å². The van der Waals surface area contributed by atoms with Crippen molar-refractivity contribution >= 4 is 33.5 Å². The van der Waals surface area contributed by atoms with Crippen LogP contribution < -0.4 is 5.32 Å². The number of fused-ring (bicyclic) bond motifs is 1. The van der Waals surface area contributed by atoms with E-state index in [0.717, 1.165) is 15.9 Å². The van der Waals surface area contributed by atoms with Crippen LogP contribution in [0, 0.1) is 12.8 Å². The number of hydrogen-bond donors (Lipinski definition) is 2. The number of carboxylic acids is 1. The Morgan fingerprint density at radius 1 is 1.44 bits per heavy atom. The molecule has 0 saturated heterocycles. The number of nitrogens with one attached hydrogen (secondary N) is 1. The van der Waals surface area contributed by atoms with Gasteiger partial charge in [-0.2, -0.15) is 4.37 Å². The Kier molecular flexibility index (Phi) is 3.42. The second kappa shape index (κ2) is 4.85. The van der Waals surface area contributed by atoms with Crippen LogP contribution in [0.1, 0.15) is 19.5 Å². The quantitative estimate of drug-likeness (QED) is 0.879. The van der Waals surface area contributed by atoms with Crippen LogP contribution in [0.5, 0.6) is 0 Å². The SMILES string of the molecule is Cc1nsc2ncnc(NC(C(=O)O)C(C)C)c12. The molecule has 2 rings (SSSR count). The first-order chi connectivity index (χ1) is 8.50. The van der Waals surface area contributed by atoms with Crippen LogP contribution >= 0.6 is 11.5 Å². The van der Waals surface area contributed by atoms with E-state index in [4.69, 9.17) is 0 Å². The summed E-state index contributed by atoms with van der Waals surface area (Å²) in [6.45, 7) is 5.56. The highest BCUT2D eigenvalue weighted by Gasteiger charge is 2.23. The molecule has 0 bridgehead atoms. The Labute approximate surface area is 108 Å². The zero-order valence-corrected chi connectivity index (χ0v) is 11.2. The molecule has 0 aliphatic carbocycles. The standard InChI is InChI=1S/C11H14N4O2S/c1-5(2)8(11(16)17)14-9-7-6(3)15-18-10(7)13-4-12-9/h4-5,8H,1-3H3,(H,16,17)(H,12,13,14). The van der Waals surface area contributed by atoms with Gasteiger partial charge in [0.05, 0.1) is 11.1 Å². The molecule has 0 spiro atoms. The molecular weight excluding hydrogens is 252 g/mol. The van der Waals surface area contributed by atoms with Crippen LogP contribution in [0.25, 0.3) is 10.2 Å². The molecule has 2 aromatic heterocycles. The maximum atomic E-state index is 11.2. The smallest absolute Gasteiger partial charge is 0.326 e. The van der Waals surface area contributed by atoms with Crippen molar-refractivity contribution in [1.82, 2.24) is 14.3 Å². The Morgan fingerprint density at radius 2 is 2.17 bits per heavy atom. The third-order valence-corrected chi connectivity index (χ3v) is 3.52. The Balaban J connectivity index is 2.42. The number of nitrogens with zero attached hydrogens (tertiary/aromatic N) is 3. The van der Waals surface area contributed by atoms with Crippen molar-refractivity contribution in [2.24, 2.45) is 5.92 Å². The lowest BCUT2D eigenvalue weighted by molar-refractivity contribution is -0.138. The van der Waals surface area contributed by atoms with Gasteiger partial charge in [0, 0.05) is 0 Å². The zero-order chi connectivity index (χ0) is 13.3.